The van der Waals surface area contributed by atoms with Crippen LogP contribution in [0.2, 0.25) is 0 Å². The van der Waals surface area contributed by atoms with Crippen molar-refractivity contribution in [3.05, 3.63) is 255 Å². The van der Waals surface area contributed by atoms with Gasteiger partial charge in [-0.1, -0.05) is 158 Å². The largest absolute Gasteiger partial charge is 0.309 e. The lowest BCUT2D eigenvalue weighted by Gasteiger charge is -2.13. The van der Waals surface area contributed by atoms with E-state index in [1.54, 1.807) is 0 Å². The van der Waals surface area contributed by atoms with Crippen molar-refractivity contribution >= 4 is 128 Å². The van der Waals surface area contributed by atoms with E-state index in [1.165, 1.54) is 123 Å². The number of rotatable bonds is 6. The SMILES string of the molecule is c1ccc(-c2ccc3c(c2)c2cc(-c4ccc5sc6c(-n7c8ccccc8c8ccc9c%10ccccc%10n(-c%10cccc(-c%11ccc%12sc%13ccccc%13c%12c%11)n%10)c9c87)cccc6c5c4)ccc2n3-c2ccccc2)cc1. The molecule has 6 aromatic heterocycles. The van der Waals surface area contributed by atoms with Crippen molar-refractivity contribution in [2.75, 3.05) is 0 Å². The van der Waals surface area contributed by atoms with Crippen molar-refractivity contribution in [2.24, 2.45) is 0 Å². The second kappa shape index (κ2) is 16.5. The van der Waals surface area contributed by atoms with Gasteiger partial charge in [0.05, 0.1) is 49.2 Å². The van der Waals surface area contributed by atoms with Crippen molar-refractivity contribution < 1.29 is 0 Å². The number of nitrogens with zero attached hydrogens (tertiary/aromatic N) is 4. The Kier molecular flexibility index (Phi) is 9.13. The standard InChI is InChI=1S/C71H42N4S2/c1-3-15-43(16-4-1)44-29-35-62-55(39-44)56-40-45(30-36-63(56)73(62)48-17-5-2-6-18-48)46-31-37-67-58(41-46)54-22-13-26-64(71(54)77-67)74-60-24-10-7-19-49(60)52-33-34-53-50-20-8-11-25-61(50)75(70(53)69(52)74)68-28-14-23-59(72-68)47-32-38-66-57(42-47)51-21-9-12-27-65(51)76-66/h1-42H. The minimum absolute atomic E-state index is 0.889. The van der Waals surface area contributed by atoms with Crippen molar-refractivity contribution in [2.45, 2.75) is 0 Å². The number of aromatic nitrogens is 4. The highest BCUT2D eigenvalue weighted by Crippen LogP contribution is 2.46. The lowest BCUT2D eigenvalue weighted by Crippen LogP contribution is -2.01. The van der Waals surface area contributed by atoms with Crippen LogP contribution in [0.5, 0.6) is 0 Å². The zero-order valence-electron chi connectivity index (χ0n) is 41.4. The molecular weight excluding hydrogens is 973 g/mol. The molecule has 17 aromatic rings. The van der Waals surface area contributed by atoms with Gasteiger partial charge in [0.2, 0.25) is 0 Å². The molecule has 0 saturated carbocycles. The molecule has 4 nitrogen and oxygen atoms in total. The van der Waals surface area contributed by atoms with Crippen molar-refractivity contribution in [3.8, 4) is 50.7 Å². The smallest absolute Gasteiger partial charge is 0.138 e. The lowest BCUT2D eigenvalue weighted by molar-refractivity contribution is 1.08. The van der Waals surface area contributed by atoms with E-state index in [2.05, 4.69) is 268 Å². The Balaban J connectivity index is 0.858. The van der Waals surface area contributed by atoms with Crippen molar-refractivity contribution in [1.82, 2.24) is 18.7 Å². The molecule has 77 heavy (non-hydrogen) atoms. The van der Waals surface area contributed by atoms with Crippen LogP contribution in [0.3, 0.4) is 0 Å². The molecule has 0 N–H and O–H groups in total. The zero-order chi connectivity index (χ0) is 50.3. The molecule has 0 unspecified atom stereocenters. The average Bonchev–Trinajstić information content (AvgIpc) is 4.49. The van der Waals surface area contributed by atoms with E-state index in [-0.39, 0.29) is 0 Å². The van der Waals surface area contributed by atoms with E-state index in [9.17, 15) is 0 Å². The van der Waals surface area contributed by atoms with Gasteiger partial charge >= 0.3 is 0 Å². The Bertz CT molecular complexity index is 5280. The summed E-state index contributed by atoms with van der Waals surface area (Å²) in [6, 6.07) is 93.8. The van der Waals surface area contributed by atoms with E-state index in [4.69, 9.17) is 4.98 Å². The first-order valence-corrected chi connectivity index (χ1v) is 27.8. The summed E-state index contributed by atoms with van der Waals surface area (Å²) >= 11 is 3.73. The molecule has 0 atom stereocenters. The quantitative estimate of drug-likeness (QED) is 0.163. The topological polar surface area (TPSA) is 27.7 Å². The molecule has 0 amide bonds. The van der Waals surface area contributed by atoms with Gasteiger partial charge in [-0.25, -0.2) is 4.98 Å². The second-order valence-electron chi connectivity index (χ2n) is 20.2. The van der Waals surface area contributed by atoms with Gasteiger partial charge in [-0.15, -0.1) is 22.7 Å². The average molecular weight is 1020 g/mol. The summed E-state index contributed by atoms with van der Waals surface area (Å²) in [6.07, 6.45) is 0. The number of hydrogen-bond acceptors (Lipinski definition) is 3. The van der Waals surface area contributed by atoms with E-state index in [0.29, 0.717) is 0 Å². The predicted molar refractivity (Wildman–Crippen MR) is 329 cm³/mol. The van der Waals surface area contributed by atoms with Crippen LogP contribution in [0.4, 0.5) is 0 Å². The Labute approximate surface area is 449 Å². The zero-order valence-corrected chi connectivity index (χ0v) is 43.0. The van der Waals surface area contributed by atoms with Crippen LogP contribution in [-0.4, -0.2) is 18.7 Å². The molecule has 0 saturated heterocycles. The number of para-hydroxylation sites is 3. The Morgan fingerprint density at radius 3 is 1.52 bits per heavy atom. The third kappa shape index (κ3) is 6.34. The van der Waals surface area contributed by atoms with Crippen molar-refractivity contribution in [1.29, 1.82) is 0 Å². The first-order valence-electron chi connectivity index (χ1n) is 26.2. The maximum atomic E-state index is 5.55. The highest BCUT2D eigenvalue weighted by Gasteiger charge is 2.24. The Hall–Kier alpha value is -9.59. The lowest BCUT2D eigenvalue weighted by atomic mass is 9.99. The van der Waals surface area contributed by atoms with E-state index in [0.717, 1.165) is 33.8 Å². The molecule has 358 valence electrons. The van der Waals surface area contributed by atoms with Gasteiger partial charge in [-0.3, -0.25) is 4.57 Å². The van der Waals surface area contributed by atoms with Gasteiger partial charge in [-0.05, 0) is 119 Å². The fraction of sp³-hybridized carbons (Fsp3) is 0. The summed E-state index contributed by atoms with van der Waals surface area (Å²) < 4.78 is 12.5. The van der Waals surface area contributed by atoms with Gasteiger partial charge < -0.3 is 9.13 Å². The molecule has 0 fully saturated rings. The summed E-state index contributed by atoms with van der Waals surface area (Å²) in [6.45, 7) is 0. The van der Waals surface area contributed by atoms with E-state index < -0.39 is 0 Å². The molecule has 6 heterocycles. The van der Waals surface area contributed by atoms with Crippen LogP contribution in [0.25, 0.3) is 156 Å². The van der Waals surface area contributed by atoms with Gasteiger partial charge in [0.1, 0.15) is 5.82 Å². The highest BCUT2D eigenvalue weighted by atomic mass is 32.1. The van der Waals surface area contributed by atoms with Crippen LogP contribution >= 0.6 is 22.7 Å². The molecule has 0 bridgehead atoms. The molecular formula is C71H42N4S2. The molecule has 6 heteroatoms. The van der Waals surface area contributed by atoms with Gasteiger partial charge in [-0.2, -0.15) is 0 Å². The first-order chi connectivity index (χ1) is 38.2. The van der Waals surface area contributed by atoms with Crippen molar-refractivity contribution in [3.63, 3.8) is 0 Å². The second-order valence-corrected chi connectivity index (χ2v) is 22.4. The molecule has 0 aliphatic carbocycles. The highest BCUT2D eigenvalue weighted by molar-refractivity contribution is 7.26. The third-order valence-corrected chi connectivity index (χ3v) is 18.4. The number of thiophene rings is 2. The number of hydrogen-bond donors (Lipinski definition) is 0. The summed E-state index contributed by atoms with van der Waals surface area (Å²) in [5, 5.41) is 12.4. The van der Waals surface area contributed by atoms with Gasteiger partial charge in [0.15, 0.2) is 0 Å². The Morgan fingerprint density at radius 2 is 0.779 bits per heavy atom. The third-order valence-electron chi connectivity index (χ3n) is 16.0. The summed E-state index contributed by atoms with van der Waals surface area (Å²) in [5.74, 6) is 0.889. The van der Waals surface area contributed by atoms with Crippen LogP contribution in [0, 0.1) is 0 Å². The van der Waals surface area contributed by atoms with Crippen LogP contribution in [-0.2, 0) is 0 Å². The fourth-order valence-electron chi connectivity index (χ4n) is 12.6. The maximum Gasteiger partial charge on any atom is 0.138 e. The minimum Gasteiger partial charge on any atom is -0.309 e. The predicted octanol–water partition coefficient (Wildman–Crippen LogP) is 20.1. The number of fused-ring (bicyclic) bond motifs is 16. The van der Waals surface area contributed by atoms with Gasteiger partial charge in [0.25, 0.3) is 0 Å². The summed E-state index contributed by atoms with van der Waals surface area (Å²) in [5.41, 5.74) is 16.2. The normalized spacial score (nSPS) is 12.2. The number of benzene rings is 11. The molecule has 0 radical (unpaired) electrons. The maximum absolute atomic E-state index is 5.55. The molecule has 0 spiro atoms. The van der Waals surface area contributed by atoms with Crippen LogP contribution < -0.4 is 0 Å². The van der Waals surface area contributed by atoms with E-state index in [1.807, 2.05) is 22.7 Å². The summed E-state index contributed by atoms with van der Waals surface area (Å²) in [7, 11) is 0. The molecule has 11 aromatic carbocycles. The molecule has 0 aliphatic heterocycles. The minimum atomic E-state index is 0.889. The first kappa shape index (κ1) is 42.7. The molecule has 17 rings (SSSR count). The molecule has 0 aliphatic rings. The van der Waals surface area contributed by atoms with Gasteiger partial charge in [0, 0.05) is 79.2 Å². The Morgan fingerprint density at radius 1 is 0.273 bits per heavy atom. The van der Waals surface area contributed by atoms with Crippen LogP contribution in [0.15, 0.2) is 255 Å². The summed E-state index contributed by atoms with van der Waals surface area (Å²) in [4.78, 5) is 5.55. The monoisotopic (exact) mass is 1010 g/mol. The van der Waals surface area contributed by atoms with Crippen LogP contribution in [0.1, 0.15) is 0 Å². The number of pyridine rings is 1. The van der Waals surface area contributed by atoms with E-state index >= 15 is 0 Å². The fourth-order valence-corrected chi connectivity index (χ4v) is 14.9.